The number of aliphatic hydroxyl groups is 1. The number of aryl methyl sites for hydroxylation is 1. The van der Waals surface area contributed by atoms with Gasteiger partial charge in [0.05, 0.1) is 13.1 Å². The van der Waals surface area contributed by atoms with Gasteiger partial charge in [-0.25, -0.2) is 0 Å². The van der Waals surface area contributed by atoms with Crippen LogP contribution in [0.1, 0.15) is 25.3 Å². The molecule has 1 fully saturated rings. The summed E-state index contributed by atoms with van der Waals surface area (Å²) in [4.78, 5) is 1.72. The second-order valence-electron chi connectivity index (χ2n) is 6.14. The van der Waals surface area contributed by atoms with Crippen molar-refractivity contribution in [3.8, 4) is 5.75 Å². The Morgan fingerprint density at radius 2 is 2.14 bits per heavy atom. The number of likely N-dealkylation sites (tertiary alicyclic amines) is 1. The molecule has 4 N–H and O–H groups in total. The Kier molecular flexibility index (Phi) is 6.49. The van der Waals surface area contributed by atoms with E-state index in [1.807, 2.05) is 24.3 Å². The number of nitrogens with two attached hydrogens (primary N) is 1. The van der Waals surface area contributed by atoms with E-state index in [-0.39, 0.29) is 0 Å². The molecule has 118 valence electrons. The molecule has 0 bridgehead atoms. The fraction of sp³-hybridized carbons (Fsp3) is 0.647. The molecule has 1 aliphatic rings. The summed E-state index contributed by atoms with van der Waals surface area (Å²) in [5, 5.41) is 12.2. The van der Waals surface area contributed by atoms with E-state index in [0.29, 0.717) is 6.61 Å². The van der Waals surface area contributed by atoms with E-state index in [9.17, 15) is 5.11 Å². The summed E-state index contributed by atoms with van der Waals surface area (Å²) in [5.74, 6) is 0.831. The first kappa shape index (κ1) is 16.3. The molecule has 1 aromatic rings. The summed E-state index contributed by atoms with van der Waals surface area (Å²) in [6, 6.07) is 8.71. The van der Waals surface area contributed by atoms with Crippen molar-refractivity contribution in [2.75, 3.05) is 32.8 Å². The van der Waals surface area contributed by atoms with Gasteiger partial charge in [-0.15, -0.1) is 0 Å². The van der Waals surface area contributed by atoms with E-state index in [2.05, 4.69) is 19.2 Å². The molecule has 1 aromatic carbocycles. The molecule has 1 heterocycles. The lowest BCUT2D eigenvalue weighted by atomic mass is 10.2. The van der Waals surface area contributed by atoms with Crippen LogP contribution < -0.4 is 15.0 Å². The molecular weight excluding hydrogens is 264 g/mol. The summed E-state index contributed by atoms with van der Waals surface area (Å²) in [6.45, 7) is 9.06. The maximum absolute atomic E-state index is 10.00. The standard InChI is InChI=1S/C17H28N2O2/c1-3-19-10-4-5-15(19)11-18-12-16(20)13-21-17-8-6-14(2)7-9-17/h6-9,15-16,18,20H,3-5,10-13H2,1-2H3/p+2/t15-,16-/m0/s1. The fourth-order valence-corrected chi connectivity index (χ4v) is 3.12. The molecule has 0 aromatic heterocycles. The van der Waals surface area contributed by atoms with Crippen molar-refractivity contribution in [1.29, 1.82) is 0 Å². The van der Waals surface area contributed by atoms with Crippen LogP contribution in [-0.2, 0) is 0 Å². The molecular formula is C17H30N2O2+2. The van der Waals surface area contributed by atoms with Gasteiger partial charge in [0.25, 0.3) is 0 Å². The van der Waals surface area contributed by atoms with Gasteiger partial charge >= 0.3 is 0 Å². The molecule has 0 amide bonds. The van der Waals surface area contributed by atoms with E-state index in [4.69, 9.17) is 4.74 Å². The molecule has 4 heteroatoms. The lowest BCUT2D eigenvalue weighted by Crippen LogP contribution is -3.16. The molecule has 4 nitrogen and oxygen atoms in total. The number of likely N-dealkylation sites (N-methyl/N-ethyl adjacent to an activating group) is 1. The van der Waals surface area contributed by atoms with Crippen LogP contribution >= 0.6 is 0 Å². The zero-order valence-electron chi connectivity index (χ0n) is 13.3. The summed E-state index contributed by atoms with van der Waals surface area (Å²) in [5.41, 5.74) is 1.22. The van der Waals surface area contributed by atoms with Gasteiger partial charge in [-0.3, -0.25) is 0 Å². The van der Waals surface area contributed by atoms with Gasteiger partial charge in [0.1, 0.15) is 37.6 Å². The van der Waals surface area contributed by atoms with Crippen LogP contribution in [0.25, 0.3) is 0 Å². The summed E-state index contributed by atoms with van der Waals surface area (Å²) in [6.07, 6.45) is 2.27. The Bertz CT molecular complexity index is 408. The first-order valence-electron chi connectivity index (χ1n) is 8.22. The monoisotopic (exact) mass is 294 g/mol. The number of quaternary nitrogens is 2. The second-order valence-corrected chi connectivity index (χ2v) is 6.14. The number of nitrogens with one attached hydrogen (secondary N) is 1. The number of ether oxygens (including phenoxy) is 1. The van der Waals surface area contributed by atoms with Gasteiger partial charge in [0.2, 0.25) is 0 Å². The zero-order valence-corrected chi connectivity index (χ0v) is 13.3. The third-order valence-electron chi connectivity index (χ3n) is 4.44. The quantitative estimate of drug-likeness (QED) is 0.598. The molecule has 3 atom stereocenters. The summed E-state index contributed by atoms with van der Waals surface area (Å²) < 4.78 is 5.61. The Hall–Kier alpha value is -1.10. The second kappa shape index (κ2) is 8.37. The van der Waals surface area contributed by atoms with Crippen LogP contribution in [-0.4, -0.2) is 50.0 Å². The minimum absolute atomic E-state index is 0.370. The van der Waals surface area contributed by atoms with Crippen molar-refractivity contribution in [1.82, 2.24) is 0 Å². The number of benzene rings is 1. The van der Waals surface area contributed by atoms with E-state index >= 15 is 0 Å². The number of aliphatic hydroxyl groups excluding tert-OH is 1. The summed E-state index contributed by atoms with van der Waals surface area (Å²) in [7, 11) is 0. The van der Waals surface area contributed by atoms with Crippen molar-refractivity contribution in [2.45, 2.75) is 38.8 Å². The Labute approximate surface area is 128 Å². The highest BCUT2D eigenvalue weighted by Gasteiger charge is 2.28. The van der Waals surface area contributed by atoms with Crippen LogP contribution in [0.15, 0.2) is 24.3 Å². The Morgan fingerprint density at radius 3 is 2.86 bits per heavy atom. The molecule has 21 heavy (non-hydrogen) atoms. The highest BCUT2D eigenvalue weighted by molar-refractivity contribution is 5.26. The topological polar surface area (TPSA) is 50.5 Å². The number of hydrogen-bond donors (Lipinski definition) is 3. The molecule has 0 radical (unpaired) electrons. The van der Waals surface area contributed by atoms with Crippen LogP contribution in [0.5, 0.6) is 5.75 Å². The maximum atomic E-state index is 10.00. The van der Waals surface area contributed by atoms with Gasteiger partial charge in [-0.2, -0.15) is 0 Å². The van der Waals surface area contributed by atoms with Crippen molar-refractivity contribution in [3.63, 3.8) is 0 Å². The number of rotatable bonds is 8. The highest BCUT2D eigenvalue weighted by Crippen LogP contribution is 2.11. The average Bonchev–Trinajstić information content (AvgIpc) is 2.94. The predicted octanol–water partition coefficient (Wildman–Crippen LogP) is -0.635. The van der Waals surface area contributed by atoms with Crippen LogP contribution in [0, 0.1) is 6.92 Å². The minimum atomic E-state index is -0.405. The number of hydrogen-bond acceptors (Lipinski definition) is 2. The fourth-order valence-electron chi connectivity index (χ4n) is 3.12. The van der Waals surface area contributed by atoms with E-state index < -0.39 is 6.10 Å². The van der Waals surface area contributed by atoms with Crippen molar-refractivity contribution in [2.24, 2.45) is 0 Å². The largest absolute Gasteiger partial charge is 0.491 e. The van der Waals surface area contributed by atoms with Crippen LogP contribution in [0.2, 0.25) is 0 Å². The first-order valence-corrected chi connectivity index (χ1v) is 8.22. The van der Waals surface area contributed by atoms with Crippen molar-refractivity contribution >= 4 is 0 Å². The van der Waals surface area contributed by atoms with E-state index in [1.165, 1.54) is 31.5 Å². The smallest absolute Gasteiger partial charge is 0.137 e. The summed E-state index contributed by atoms with van der Waals surface area (Å²) >= 11 is 0. The molecule has 0 aliphatic carbocycles. The van der Waals surface area contributed by atoms with Gasteiger partial charge in [0, 0.05) is 12.8 Å². The molecule has 0 spiro atoms. The Balaban J connectivity index is 1.61. The molecule has 1 saturated heterocycles. The SMILES string of the molecule is CC[NH+]1CCC[C@H]1C[NH2+]C[C@H](O)COc1ccc(C)cc1. The lowest BCUT2D eigenvalue weighted by Gasteiger charge is -2.19. The molecule has 0 saturated carbocycles. The van der Waals surface area contributed by atoms with E-state index in [1.54, 1.807) is 4.90 Å². The lowest BCUT2D eigenvalue weighted by molar-refractivity contribution is -0.924. The molecule has 1 aliphatic heterocycles. The normalized spacial score (nSPS) is 23.2. The van der Waals surface area contributed by atoms with Gasteiger partial charge < -0.3 is 20.1 Å². The molecule has 2 rings (SSSR count). The van der Waals surface area contributed by atoms with Crippen molar-refractivity contribution in [3.05, 3.63) is 29.8 Å². The molecule has 1 unspecified atom stereocenters. The van der Waals surface area contributed by atoms with Crippen molar-refractivity contribution < 1.29 is 20.1 Å². The Morgan fingerprint density at radius 1 is 1.38 bits per heavy atom. The third kappa shape index (κ3) is 5.30. The van der Waals surface area contributed by atoms with Gasteiger partial charge in [-0.05, 0) is 26.0 Å². The van der Waals surface area contributed by atoms with E-state index in [0.717, 1.165) is 24.9 Å². The first-order chi connectivity index (χ1) is 10.2. The third-order valence-corrected chi connectivity index (χ3v) is 4.44. The van der Waals surface area contributed by atoms with Crippen LogP contribution in [0.3, 0.4) is 0 Å². The maximum Gasteiger partial charge on any atom is 0.137 e. The highest BCUT2D eigenvalue weighted by atomic mass is 16.5. The van der Waals surface area contributed by atoms with Gasteiger partial charge in [-0.1, -0.05) is 17.7 Å². The van der Waals surface area contributed by atoms with Crippen LogP contribution in [0.4, 0.5) is 0 Å². The van der Waals surface area contributed by atoms with Gasteiger partial charge in [0.15, 0.2) is 0 Å². The zero-order chi connectivity index (χ0) is 15.1. The predicted molar refractivity (Wildman–Crippen MR) is 83.7 cm³/mol. The minimum Gasteiger partial charge on any atom is -0.491 e. The average molecular weight is 294 g/mol.